The van der Waals surface area contributed by atoms with Crippen molar-refractivity contribution in [1.29, 1.82) is 0 Å². The summed E-state index contributed by atoms with van der Waals surface area (Å²) < 4.78 is 0. The van der Waals surface area contributed by atoms with Crippen LogP contribution in [0.2, 0.25) is 0 Å². The van der Waals surface area contributed by atoms with E-state index in [-0.39, 0.29) is 17.4 Å². The van der Waals surface area contributed by atoms with Gasteiger partial charge in [0.25, 0.3) is 5.91 Å². The van der Waals surface area contributed by atoms with Gasteiger partial charge in [-0.25, -0.2) is 0 Å². The topological polar surface area (TPSA) is 75.1 Å². The van der Waals surface area contributed by atoms with E-state index in [1.165, 1.54) is 11.8 Å². The number of phenols is 1. The van der Waals surface area contributed by atoms with Crippen molar-refractivity contribution in [3.05, 3.63) is 42.1 Å². The summed E-state index contributed by atoms with van der Waals surface area (Å²) in [5.74, 6) is -0.0636. The third-order valence-electron chi connectivity index (χ3n) is 2.14. The fourth-order valence-corrected chi connectivity index (χ4v) is 2.08. The van der Waals surface area contributed by atoms with Crippen LogP contribution in [0.4, 0.5) is 0 Å². The highest BCUT2D eigenvalue weighted by atomic mass is 32.2. The van der Waals surface area contributed by atoms with Gasteiger partial charge in [-0.1, -0.05) is 17.8 Å². The smallest absolute Gasteiger partial charge is 0.271 e. The lowest BCUT2D eigenvalue weighted by atomic mass is 10.3. The van der Waals surface area contributed by atoms with Crippen LogP contribution in [0.15, 0.2) is 46.3 Å². The van der Waals surface area contributed by atoms with Crippen LogP contribution in [-0.2, 0) is 0 Å². The molecule has 1 heterocycles. The summed E-state index contributed by atoms with van der Waals surface area (Å²) in [5, 5.41) is 20.2. The summed E-state index contributed by atoms with van der Waals surface area (Å²) in [6, 6.07) is 10.2. The minimum absolute atomic E-state index is 0.204. The Balaban J connectivity index is 2.13. The number of aromatic nitrogens is 2. The number of carbonyl (C=O) groups is 1. The van der Waals surface area contributed by atoms with Crippen molar-refractivity contribution >= 4 is 17.7 Å². The van der Waals surface area contributed by atoms with E-state index in [0.717, 1.165) is 4.90 Å². The molecule has 0 unspecified atom stereocenters. The zero-order valence-electron chi connectivity index (χ0n) is 9.62. The molecule has 18 heavy (non-hydrogen) atoms. The number of nitrogens with zero attached hydrogens (tertiary/aromatic N) is 2. The maximum Gasteiger partial charge on any atom is 0.271 e. The minimum Gasteiger partial charge on any atom is -0.508 e. The lowest BCUT2D eigenvalue weighted by Crippen LogP contribution is -2.19. The van der Waals surface area contributed by atoms with Crippen molar-refractivity contribution < 1.29 is 9.90 Å². The number of amides is 1. The zero-order chi connectivity index (χ0) is 13.0. The molecule has 0 bridgehead atoms. The number of rotatable bonds is 3. The summed E-state index contributed by atoms with van der Waals surface area (Å²) in [7, 11) is 1.54. The van der Waals surface area contributed by atoms with Gasteiger partial charge in [0.1, 0.15) is 10.8 Å². The number of benzene rings is 1. The lowest BCUT2D eigenvalue weighted by Gasteiger charge is -2.02. The van der Waals surface area contributed by atoms with Gasteiger partial charge in [0.05, 0.1) is 0 Å². The minimum atomic E-state index is -0.267. The molecule has 6 heteroatoms. The van der Waals surface area contributed by atoms with E-state index in [1.54, 1.807) is 37.4 Å². The average Bonchev–Trinajstić information content (AvgIpc) is 2.39. The summed E-state index contributed by atoms with van der Waals surface area (Å²) in [5.41, 5.74) is 0.276. The molecule has 0 aliphatic rings. The van der Waals surface area contributed by atoms with Crippen LogP contribution in [0.1, 0.15) is 10.5 Å². The highest BCUT2D eigenvalue weighted by molar-refractivity contribution is 7.99. The van der Waals surface area contributed by atoms with Crippen LogP contribution in [0.3, 0.4) is 0 Å². The summed E-state index contributed by atoms with van der Waals surface area (Å²) in [4.78, 5) is 12.1. The van der Waals surface area contributed by atoms with Gasteiger partial charge >= 0.3 is 0 Å². The molecule has 0 saturated carbocycles. The van der Waals surface area contributed by atoms with Gasteiger partial charge in [-0.3, -0.25) is 4.79 Å². The molecule has 1 amide bonds. The predicted octanol–water partition coefficient (Wildman–Crippen LogP) is 1.69. The van der Waals surface area contributed by atoms with E-state index in [9.17, 15) is 9.90 Å². The number of nitrogens with one attached hydrogen (secondary N) is 1. The Kier molecular flexibility index (Phi) is 3.78. The standard InChI is InChI=1S/C12H11N3O2S/c1-13-12(17)10-5-6-11(15-14-10)18-9-4-2-3-8(16)7-9/h2-7,16H,1H3,(H,13,17). The second-order valence-electron chi connectivity index (χ2n) is 3.44. The first kappa shape index (κ1) is 12.4. The Morgan fingerprint density at radius 3 is 2.72 bits per heavy atom. The van der Waals surface area contributed by atoms with E-state index >= 15 is 0 Å². The molecule has 2 aromatic rings. The second-order valence-corrected chi connectivity index (χ2v) is 4.53. The average molecular weight is 261 g/mol. The quantitative estimate of drug-likeness (QED) is 0.879. The fourth-order valence-electron chi connectivity index (χ4n) is 1.29. The highest BCUT2D eigenvalue weighted by Gasteiger charge is 2.06. The van der Waals surface area contributed by atoms with Crippen molar-refractivity contribution in [1.82, 2.24) is 15.5 Å². The largest absolute Gasteiger partial charge is 0.508 e. The summed E-state index contributed by atoms with van der Waals surface area (Å²) in [6.45, 7) is 0. The molecule has 1 aromatic heterocycles. The second kappa shape index (κ2) is 5.50. The van der Waals surface area contributed by atoms with E-state index < -0.39 is 0 Å². The van der Waals surface area contributed by atoms with Crippen molar-refractivity contribution in [2.75, 3.05) is 7.05 Å². The fraction of sp³-hybridized carbons (Fsp3) is 0.0833. The molecule has 0 aliphatic carbocycles. The highest BCUT2D eigenvalue weighted by Crippen LogP contribution is 2.27. The first-order chi connectivity index (χ1) is 8.69. The van der Waals surface area contributed by atoms with Crippen LogP contribution >= 0.6 is 11.8 Å². The molecule has 0 atom stereocenters. The van der Waals surface area contributed by atoms with Crippen molar-refractivity contribution in [3.8, 4) is 5.75 Å². The van der Waals surface area contributed by atoms with E-state index in [0.29, 0.717) is 5.03 Å². The van der Waals surface area contributed by atoms with Gasteiger partial charge in [0, 0.05) is 11.9 Å². The lowest BCUT2D eigenvalue weighted by molar-refractivity contribution is 0.0957. The zero-order valence-corrected chi connectivity index (χ0v) is 10.4. The normalized spacial score (nSPS) is 10.1. The van der Waals surface area contributed by atoms with Gasteiger partial charge < -0.3 is 10.4 Å². The van der Waals surface area contributed by atoms with Gasteiger partial charge in [-0.05, 0) is 30.3 Å². The Morgan fingerprint density at radius 1 is 1.28 bits per heavy atom. The van der Waals surface area contributed by atoms with Crippen molar-refractivity contribution in [2.45, 2.75) is 9.92 Å². The number of hydrogen-bond acceptors (Lipinski definition) is 5. The molecule has 2 rings (SSSR count). The van der Waals surface area contributed by atoms with Gasteiger partial charge in [0.2, 0.25) is 0 Å². The third-order valence-corrected chi connectivity index (χ3v) is 3.06. The van der Waals surface area contributed by atoms with Crippen LogP contribution in [0.25, 0.3) is 0 Å². The van der Waals surface area contributed by atoms with Gasteiger partial charge in [0.15, 0.2) is 5.69 Å². The summed E-state index contributed by atoms with van der Waals surface area (Å²) in [6.07, 6.45) is 0. The molecule has 0 fully saturated rings. The van der Waals surface area contributed by atoms with Crippen LogP contribution < -0.4 is 5.32 Å². The SMILES string of the molecule is CNC(=O)c1ccc(Sc2cccc(O)c2)nn1. The summed E-state index contributed by atoms with van der Waals surface area (Å²) >= 11 is 1.36. The maximum atomic E-state index is 11.3. The molecule has 0 spiro atoms. The molecule has 0 saturated heterocycles. The molecule has 1 aromatic carbocycles. The number of phenolic OH excluding ortho intramolecular Hbond substituents is 1. The molecule has 0 radical (unpaired) electrons. The van der Waals surface area contributed by atoms with Crippen LogP contribution in [0.5, 0.6) is 5.75 Å². The van der Waals surface area contributed by atoms with E-state index in [2.05, 4.69) is 15.5 Å². The van der Waals surface area contributed by atoms with E-state index in [1.807, 2.05) is 6.07 Å². The van der Waals surface area contributed by atoms with Gasteiger partial charge in [-0.2, -0.15) is 0 Å². The molecular weight excluding hydrogens is 250 g/mol. The molecule has 2 N–H and O–H groups in total. The number of hydrogen-bond donors (Lipinski definition) is 2. The van der Waals surface area contributed by atoms with Gasteiger partial charge in [-0.15, -0.1) is 10.2 Å². The first-order valence-electron chi connectivity index (χ1n) is 5.22. The van der Waals surface area contributed by atoms with Crippen molar-refractivity contribution in [3.63, 3.8) is 0 Å². The Hall–Kier alpha value is -2.08. The van der Waals surface area contributed by atoms with E-state index in [4.69, 9.17) is 0 Å². The number of aromatic hydroxyl groups is 1. The van der Waals surface area contributed by atoms with Crippen LogP contribution in [-0.4, -0.2) is 28.3 Å². The van der Waals surface area contributed by atoms with Crippen LogP contribution in [0, 0.1) is 0 Å². The third kappa shape index (κ3) is 2.98. The molecule has 5 nitrogen and oxygen atoms in total. The van der Waals surface area contributed by atoms with Crippen molar-refractivity contribution in [2.24, 2.45) is 0 Å². The first-order valence-corrected chi connectivity index (χ1v) is 6.03. The maximum absolute atomic E-state index is 11.3. The molecule has 0 aliphatic heterocycles. The predicted molar refractivity (Wildman–Crippen MR) is 67.7 cm³/mol. The molecular formula is C12H11N3O2S. The number of carbonyl (C=O) groups excluding carboxylic acids is 1. The Bertz CT molecular complexity index is 558. The Labute approximate surface area is 108 Å². The Morgan fingerprint density at radius 2 is 2.11 bits per heavy atom. The monoisotopic (exact) mass is 261 g/mol. The molecule has 92 valence electrons.